The molecule has 2 heteroatoms. The maximum atomic E-state index is 11.0. The highest BCUT2D eigenvalue weighted by atomic mass is 16.5. The van der Waals surface area contributed by atoms with Crippen molar-refractivity contribution in [3.05, 3.63) is 41.5 Å². The molecule has 0 radical (unpaired) electrons. The fourth-order valence-corrected chi connectivity index (χ4v) is 1.24. The molecule has 0 bridgehead atoms. The zero-order valence-corrected chi connectivity index (χ0v) is 9.19. The van der Waals surface area contributed by atoms with Gasteiger partial charge in [-0.05, 0) is 17.5 Å². The molecule has 0 N–H and O–H groups in total. The monoisotopic (exact) mass is 204 g/mol. The van der Waals surface area contributed by atoms with Crippen LogP contribution >= 0.6 is 0 Å². The quantitative estimate of drug-likeness (QED) is 0.705. The molecule has 2 nitrogen and oxygen atoms in total. The summed E-state index contributed by atoms with van der Waals surface area (Å²) in [6.07, 6.45) is 5.55. The lowest BCUT2D eigenvalue weighted by molar-refractivity contribution is -0.139. The summed E-state index contributed by atoms with van der Waals surface area (Å²) < 4.78 is 4.60. The highest BCUT2D eigenvalue weighted by Gasteiger charge is 2.01. The van der Waals surface area contributed by atoms with Gasteiger partial charge in [0, 0.05) is 0 Å². The summed E-state index contributed by atoms with van der Waals surface area (Å²) in [4.78, 5) is 11.0. The van der Waals surface area contributed by atoms with Gasteiger partial charge >= 0.3 is 5.97 Å². The lowest BCUT2D eigenvalue weighted by Crippen LogP contribution is -2.03. The van der Waals surface area contributed by atoms with E-state index in [1.807, 2.05) is 24.3 Å². The molecule has 0 aliphatic carbocycles. The number of benzene rings is 1. The summed E-state index contributed by atoms with van der Waals surface area (Å²) in [7, 11) is 1.40. The van der Waals surface area contributed by atoms with Gasteiger partial charge in [-0.2, -0.15) is 0 Å². The second kappa shape index (κ2) is 6.02. The van der Waals surface area contributed by atoms with E-state index in [9.17, 15) is 4.79 Å². The van der Waals surface area contributed by atoms with Gasteiger partial charge in [0.1, 0.15) is 0 Å². The van der Waals surface area contributed by atoms with Gasteiger partial charge in [-0.25, -0.2) is 0 Å². The van der Waals surface area contributed by atoms with Crippen LogP contribution in [0.15, 0.2) is 30.3 Å². The molecule has 15 heavy (non-hydrogen) atoms. The van der Waals surface area contributed by atoms with E-state index in [0.29, 0.717) is 6.42 Å². The van der Waals surface area contributed by atoms with Crippen molar-refractivity contribution >= 4 is 12.0 Å². The SMILES string of the molecule is CC/C=C/c1ccc(CC(=O)OC)cc1. The molecular formula is C13H16O2. The zero-order chi connectivity index (χ0) is 11.1. The molecule has 0 fully saturated rings. The standard InChI is InChI=1S/C13H16O2/c1-3-4-5-11-6-8-12(9-7-11)10-13(14)15-2/h4-9H,3,10H2,1-2H3/b5-4+. The highest BCUT2D eigenvalue weighted by Crippen LogP contribution is 2.07. The Morgan fingerprint density at radius 3 is 2.53 bits per heavy atom. The summed E-state index contributed by atoms with van der Waals surface area (Å²) in [6.45, 7) is 2.10. The second-order valence-corrected chi connectivity index (χ2v) is 3.31. The number of ether oxygens (including phenoxy) is 1. The number of methoxy groups -OCH3 is 1. The van der Waals surface area contributed by atoms with Gasteiger partial charge < -0.3 is 4.74 Å². The third-order valence-electron chi connectivity index (χ3n) is 2.10. The van der Waals surface area contributed by atoms with E-state index < -0.39 is 0 Å². The molecule has 0 saturated carbocycles. The number of allylic oxidation sites excluding steroid dienone is 1. The van der Waals surface area contributed by atoms with Crippen molar-refractivity contribution in [1.82, 2.24) is 0 Å². The molecular weight excluding hydrogens is 188 g/mol. The Kier molecular flexibility index (Phi) is 4.61. The lowest BCUT2D eigenvalue weighted by Gasteiger charge is -2.00. The first-order valence-electron chi connectivity index (χ1n) is 5.08. The maximum Gasteiger partial charge on any atom is 0.309 e. The molecule has 1 rings (SSSR count). The second-order valence-electron chi connectivity index (χ2n) is 3.31. The summed E-state index contributed by atoms with van der Waals surface area (Å²) in [5.41, 5.74) is 2.14. The van der Waals surface area contributed by atoms with E-state index in [4.69, 9.17) is 0 Å². The Hall–Kier alpha value is -1.57. The largest absolute Gasteiger partial charge is 0.469 e. The van der Waals surface area contributed by atoms with Crippen molar-refractivity contribution in [2.75, 3.05) is 7.11 Å². The molecule has 0 saturated heterocycles. The van der Waals surface area contributed by atoms with Crippen LogP contribution in [0.2, 0.25) is 0 Å². The molecule has 80 valence electrons. The Bertz CT molecular complexity index is 336. The van der Waals surface area contributed by atoms with Gasteiger partial charge in [0.15, 0.2) is 0 Å². The van der Waals surface area contributed by atoms with E-state index in [1.54, 1.807) is 0 Å². The predicted octanol–water partition coefficient (Wildman–Crippen LogP) is 2.83. The van der Waals surface area contributed by atoms with Gasteiger partial charge in [0.2, 0.25) is 0 Å². The van der Waals surface area contributed by atoms with Crippen LogP contribution < -0.4 is 0 Å². The van der Waals surface area contributed by atoms with Crippen molar-refractivity contribution < 1.29 is 9.53 Å². The zero-order valence-electron chi connectivity index (χ0n) is 9.19. The smallest absolute Gasteiger partial charge is 0.309 e. The first-order valence-corrected chi connectivity index (χ1v) is 5.08. The molecule has 0 aliphatic rings. The number of hydrogen-bond acceptors (Lipinski definition) is 2. The predicted molar refractivity (Wildman–Crippen MR) is 61.5 cm³/mol. The molecule has 0 heterocycles. The van der Waals surface area contributed by atoms with Crippen molar-refractivity contribution in [3.63, 3.8) is 0 Å². The molecule has 0 aromatic heterocycles. The third-order valence-corrected chi connectivity index (χ3v) is 2.10. The van der Waals surface area contributed by atoms with E-state index in [1.165, 1.54) is 7.11 Å². The Balaban J connectivity index is 2.64. The van der Waals surface area contributed by atoms with Crippen LogP contribution in [0, 0.1) is 0 Å². The first-order chi connectivity index (χ1) is 7.26. The molecule has 0 atom stereocenters. The van der Waals surface area contributed by atoms with Gasteiger partial charge in [-0.15, -0.1) is 0 Å². The fraction of sp³-hybridized carbons (Fsp3) is 0.308. The van der Waals surface area contributed by atoms with Gasteiger partial charge in [0.25, 0.3) is 0 Å². The lowest BCUT2D eigenvalue weighted by atomic mass is 10.1. The first kappa shape index (κ1) is 11.5. The molecule has 1 aromatic carbocycles. The van der Waals surface area contributed by atoms with E-state index in [-0.39, 0.29) is 5.97 Å². The van der Waals surface area contributed by atoms with Crippen LogP contribution in [-0.2, 0) is 16.0 Å². The molecule has 0 spiro atoms. The molecule has 0 amide bonds. The summed E-state index contributed by atoms with van der Waals surface area (Å²) in [5.74, 6) is -0.202. The minimum absolute atomic E-state index is 0.202. The van der Waals surface area contributed by atoms with E-state index in [0.717, 1.165) is 17.5 Å². The van der Waals surface area contributed by atoms with Crippen molar-refractivity contribution in [2.45, 2.75) is 19.8 Å². The van der Waals surface area contributed by atoms with Crippen molar-refractivity contribution in [3.8, 4) is 0 Å². The van der Waals surface area contributed by atoms with Crippen LogP contribution in [0.25, 0.3) is 6.08 Å². The molecule has 1 aromatic rings. The van der Waals surface area contributed by atoms with Crippen LogP contribution in [0.1, 0.15) is 24.5 Å². The van der Waals surface area contributed by atoms with E-state index in [2.05, 4.69) is 23.8 Å². The van der Waals surface area contributed by atoms with Gasteiger partial charge in [-0.1, -0.05) is 43.3 Å². The minimum atomic E-state index is -0.202. The Labute approximate surface area is 90.6 Å². The minimum Gasteiger partial charge on any atom is -0.469 e. The number of carbonyl (C=O) groups excluding carboxylic acids is 1. The number of esters is 1. The van der Waals surface area contributed by atoms with Crippen molar-refractivity contribution in [2.24, 2.45) is 0 Å². The number of hydrogen-bond donors (Lipinski definition) is 0. The van der Waals surface area contributed by atoms with Crippen molar-refractivity contribution in [1.29, 1.82) is 0 Å². The van der Waals surface area contributed by atoms with Gasteiger partial charge in [0.05, 0.1) is 13.5 Å². The Morgan fingerprint density at radius 2 is 2.00 bits per heavy atom. The topological polar surface area (TPSA) is 26.3 Å². The fourth-order valence-electron chi connectivity index (χ4n) is 1.24. The van der Waals surface area contributed by atoms with Crippen LogP contribution in [0.4, 0.5) is 0 Å². The molecule has 0 aliphatic heterocycles. The highest BCUT2D eigenvalue weighted by molar-refractivity contribution is 5.72. The summed E-state index contributed by atoms with van der Waals surface area (Å²) in [6, 6.07) is 7.91. The average molecular weight is 204 g/mol. The normalized spacial score (nSPS) is 10.5. The van der Waals surface area contributed by atoms with Gasteiger partial charge in [-0.3, -0.25) is 4.79 Å². The molecule has 0 unspecified atom stereocenters. The Morgan fingerprint density at radius 1 is 1.33 bits per heavy atom. The number of rotatable bonds is 4. The summed E-state index contributed by atoms with van der Waals surface area (Å²) >= 11 is 0. The van der Waals surface area contributed by atoms with Crippen LogP contribution in [-0.4, -0.2) is 13.1 Å². The third kappa shape index (κ3) is 3.98. The number of carbonyl (C=O) groups is 1. The maximum absolute atomic E-state index is 11.0. The van der Waals surface area contributed by atoms with Crippen LogP contribution in [0.5, 0.6) is 0 Å². The van der Waals surface area contributed by atoms with E-state index >= 15 is 0 Å². The average Bonchev–Trinajstić information content (AvgIpc) is 2.28. The van der Waals surface area contributed by atoms with Crippen LogP contribution in [0.3, 0.4) is 0 Å². The summed E-state index contributed by atoms with van der Waals surface area (Å²) in [5, 5.41) is 0.